The molecule has 0 aromatic rings. The summed E-state index contributed by atoms with van der Waals surface area (Å²) < 4.78 is 24.0. The van der Waals surface area contributed by atoms with Gasteiger partial charge in [-0.25, -0.2) is 4.39 Å². The second-order valence-electron chi connectivity index (χ2n) is 5.10. The van der Waals surface area contributed by atoms with E-state index in [0.717, 1.165) is 38.5 Å². The highest BCUT2D eigenvalue weighted by atomic mass is 19.1. The summed E-state index contributed by atoms with van der Waals surface area (Å²) in [5, 5.41) is 0. The minimum absolute atomic E-state index is 0.110. The van der Waals surface area contributed by atoms with Crippen LogP contribution in [0.3, 0.4) is 0 Å². The zero-order valence-electron chi connectivity index (χ0n) is 10.5. The molecule has 0 radical (unpaired) electrons. The van der Waals surface area contributed by atoms with Crippen LogP contribution in [0.15, 0.2) is 23.9 Å². The number of halogens is 1. The lowest BCUT2D eigenvalue weighted by Crippen LogP contribution is -2.40. The number of hydrogen-bond donors (Lipinski definition) is 0. The van der Waals surface area contributed by atoms with Gasteiger partial charge in [0.2, 0.25) is 0 Å². The van der Waals surface area contributed by atoms with E-state index in [-0.39, 0.29) is 11.2 Å². The Balaban J connectivity index is 2.02. The minimum atomic E-state index is -0.110. The number of nitrogens with zero attached hydrogens (tertiary/aromatic N) is 1. The molecule has 1 fully saturated rings. The molecule has 3 nitrogen and oxygen atoms in total. The van der Waals surface area contributed by atoms with Gasteiger partial charge in [0, 0.05) is 25.8 Å². The predicted molar refractivity (Wildman–Crippen MR) is 64.0 cm³/mol. The summed E-state index contributed by atoms with van der Waals surface area (Å²) in [6.07, 6.45) is 5.21. The van der Waals surface area contributed by atoms with Crippen molar-refractivity contribution in [2.24, 2.45) is 5.41 Å². The zero-order chi connectivity index (χ0) is 12.3. The molecule has 1 saturated heterocycles. The third-order valence-electron chi connectivity index (χ3n) is 3.54. The average Bonchev–Trinajstić information content (AvgIpc) is 2.29. The molecule has 0 spiro atoms. The summed E-state index contributed by atoms with van der Waals surface area (Å²) in [5.41, 5.74) is 0.188. The van der Waals surface area contributed by atoms with Crippen molar-refractivity contribution in [2.45, 2.75) is 19.8 Å². The van der Waals surface area contributed by atoms with Crippen LogP contribution in [0.1, 0.15) is 19.8 Å². The van der Waals surface area contributed by atoms with Crippen molar-refractivity contribution in [1.29, 1.82) is 0 Å². The standard InChI is InChI=1S/C13H20FNO2/c1-13(5-7-17-8-6-13)10-15-9-11(14)3-4-12(15)16-2/h3-4H,5-10H2,1-2H3. The van der Waals surface area contributed by atoms with Crippen LogP contribution in [-0.4, -0.2) is 38.3 Å². The number of rotatable bonds is 3. The highest BCUT2D eigenvalue weighted by Crippen LogP contribution is 2.32. The van der Waals surface area contributed by atoms with E-state index in [9.17, 15) is 4.39 Å². The number of ether oxygens (including phenoxy) is 2. The Bertz CT molecular complexity index is 332. The molecule has 4 heteroatoms. The predicted octanol–water partition coefficient (Wildman–Crippen LogP) is 2.46. The SMILES string of the molecule is COC1=CC=C(F)CN1CC1(C)CCOCC1. The smallest absolute Gasteiger partial charge is 0.189 e. The van der Waals surface area contributed by atoms with E-state index in [2.05, 4.69) is 6.92 Å². The highest BCUT2D eigenvalue weighted by molar-refractivity contribution is 5.18. The lowest BCUT2D eigenvalue weighted by atomic mass is 9.82. The van der Waals surface area contributed by atoms with Gasteiger partial charge in [-0.15, -0.1) is 0 Å². The molecule has 0 aliphatic carbocycles. The Morgan fingerprint density at radius 2 is 2.12 bits per heavy atom. The summed E-state index contributed by atoms with van der Waals surface area (Å²) in [7, 11) is 1.63. The summed E-state index contributed by atoms with van der Waals surface area (Å²) in [5.74, 6) is 0.639. The molecule has 0 N–H and O–H groups in total. The highest BCUT2D eigenvalue weighted by Gasteiger charge is 2.31. The van der Waals surface area contributed by atoms with Gasteiger partial charge in [0.05, 0.1) is 13.7 Å². The first-order valence-electron chi connectivity index (χ1n) is 6.06. The summed E-state index contributed by atoms with van der Waals surface area (Å²) in [6.45, 7) is 4.97. The van der Waals surface area contributed by atoms with E-state index in [1.165, 1.54) is 6.08 Å². The normalized spacial score (nSPS) is 24.1. The summed E-state index contributed by atoms with van der Waals surface area (Å²) in [4.78, 5) is 1.97. The molecule has 96 valence electrons. The van der Waals surface area contributed by atoms with E-state index in [4.69, 9.17) is 9.47 Å². The van der Waals surface area contributed by atoms with Crippen LogP contribution in [-0.2, 0) is 9.47 Å². The second kappa shape index (κ2) is 5.08. The molecular weight excluding hydrogens is 221 g/mol. The summed E-state index contributed by atoms with van der Waals surface area (Å²) >= 11 is 0. The topological polar surface area (TPSA) is 21.7 Å². The Hall–Kier alpha value is -1.03. The van der Waals surface area contributed by atoms with E-state index in [1.54, 1.807) is 13.2 Å². The van der Waals surface area contributed by atoms with Crippen molar-refractivity contribution < 1.29 is 13.9 Å². The number of allylic oxidation sites excluding steroid dienone is 2. The van der Waals surface area contributed by atoms with Gasteiger partial charge in [0.15, 0.2) is 5.88 Å². The fourth-order valence-corrected chi connectivity index (χ4v) is 2.39. The monoisotopic (exact) mass is 241 g/mol. The first-order chi connectivity index (χ1) is 8.13. The van der Waals surface area contributed by atoms with E-state index < -0.39 is 0 Å². The van der Waals surface area contributed by atoms with Gasteiger partial charge in [-0.3, -0.25) is 0 Å². The molecule has 0 unspecified atom stereocenters. The molecule has 2 heterocycles. The van der Waals surface area contributed by atoms with Crippen LogP contribution in [0.25, 0.3) is 0 Å². The van der Waals surface area contributed by atoms with Crippen LogP contribution >= 0.6 is 0 Å². The second-order valence-corrected chi connectivity index (χ2v) is 5.10. The van der Waals surface area contributed by atoms with Crippen LogP contribution in [0.2, 0.25) is 0 Å². The van der Waals surface area contributed by atoms with Crippen LogP contribution < -0.4 is 0 Å². The van der Waals surface area contributed by atoms with Crippen molar-refractivity contribution >= 4 is 0 Å². The Kier molecular flexibility index (Phi) is 3.72. The Morgan fingerprint density at radius 1 is 1.41 bits per heavy atom. The third kappa shape index (κ3) is 3.00. The van der Waals surface area contributed by atoms with Gasteiger partial charge in [0.25, 0.3) is 0 Å². The molecule has 0 saturated carbocycles. The van der Waals surface area contributed by atoms with Gasteiger partial charge in [-0.1, -0.05) is 6.92 Å². The zero-order valence-corrected chi connectivity index (χ0v) is 10.5. The van der Waals surface area contributed by atoms with E-state index in [0.29, 0.717) is 6.54 Å². The van der Waals surface area contributed by atoms with Crippen molar-refractivity contribution in [3.8, 4) is 0 Å². The maximum atomic E-state index is 13.3. The fourth-order valence-electron chi connectivity index (χ4n) is 2.39. The molecule has 0 bridgehead atoms. The number of hydrogen-bond acceptors (Lipinski definition) is 3. The van der Waals surface area contributed by atoms with Crippen LogP contribution in [0.4, 0.5) is 4.39 Å². The molecular formula is C13H20FNO2. The molecule has 0 atom stereocenters. The van der Waals surface area contributed by atoms with Crippen molar-refractivity contribution in [3.05, 3.63) is 23.9 Å². The maximum Gasteiger partial charge on any atom is 0.189 e. The summed E-state index contributed by atoms with van der Waals surface area (Å²) in [6, 6.07) is 0. The molecule has 0 aromatic carbocycles. The lowest BCUT2D eigenvalue weighted by molar-refractivity contribution is 0.000968. The van der Waals surface area contributed by atoms with Gasteiger partial charge in [0.1, 0.15) is 5.83 Å². The third-order valence-corrected chi connectivity index (χ3v) is 3.54. The van der Waals surface area contributed by atoms with Crippen molar-refractivity contribution in [2.75, 3.05) is 33.4 Å². The fraction of sp³-hybridized carbons (Fsp3) is 0.692. The molecule has 0 amide bonds. The average molecular weight is 241 g/mol. The maximum absolute atomic E-state index is 13.3. The van der Waals surface area contributed by atoms with Crippen molar-refractivity contribution in [3.63, 3.8) is 0 Å². The molecule has 2 aliphatic heterocycles. The van der Waals surface area contributed by atoms with Gasteiger partial charge in [-0.2, -0.15) is 0 Å². The largest absolute Gasteiger partial charge is 0.482 e. The van der Waals surface area contributed by atoms with Crippen LogP contribution in [0, 0.1) is 5.41 Å². The van der Waals surface area contributed by atoms with Gasteiger partial charge in [-0.05, 0) is 24.3 Å². The molecule has 2 aliphatic rings. The Morgan fingerprint density at radius 3 is 2.76 bits per heavy atom. The first-order valence-corrected chi connectivity index (χ1v) is 6.06. The number of methoxy groups -OCH3 is 1. The molecule has 0 aromatic heterocycles. The molecule has 17 heavy (non-hydrogen) atoms. The lowest BCUT2D eigenvalue weighted by Gasteiger charge is -2.39. The molecule has 2 rings (SSSR count). The quantitative estimate of drug-likeness (QED) is 0.757. The minimum Gasteiger partial charge on any atom is -0.482 e. The van der Waals surface area contributed by atoms with Crippen molar-refractivity contribution in [1.82, 2.24) is 4.90 Å². The van der Waals surface area contributed by atoms with Gasteiger partial charge >= 0.3 is 0 Å². The van der Waals surface area contributed by atoms with Gasteiger partial charge < -0.3 is 14.4 Å². The van der Waals surface area contributed by atoms with E-state index in [1.807, 2.05) is 4.90 Å². The Labute approximate surface area is 102 Å². The van der Waals surface area contributed by atoms with E-state index >= 15 is 0 Å². The first kappa shape index (κ1) is 12.4. The van der Waals surface area contributed by atoms with Crippen LogP contribution in [0.5, 0.6) is 0 Å².